The molecule has 1 atom stereocenters. The molecule has 4 heteroatoms. The van der Waals surface area contributed by atoms with Gasteiger partial charge in [0.05, 0.1) is 0 Å². The molecule has 0 heterocycles. The SMILES string of the molecule is CCCCCCCCC/C=C\CCCCCCCC(=O)OC(CCCCCC)CCCCCC(=O)O. The van der Waals surface area contributed by atoms with Crippen LogP contribution in [0.4, 0.5) is 0 Å². The van der Waals surface area contributed by atoms with Gasteiger partial charge in [-0.15, -0.1) is 0 Å². The maximum Gasteiger partial charge on any atom is 0.306 e. The number of allylic oxidation sites excluding steroid dienone is 2. The largest absolute Gasteiger partial charge is 0.481 e. The standard InChI is InChI=1S/C32H60O4/c1-3-5-7-9-10-11-12-13-14-15-16-17-18-19-20-25-29-32(35)36-30(26-22-8-6-4-2)27-23-21-24-28-31(33)34/h14-15,30H,3-13,16-29H2,1-2H3,(H,33,34)/b15-14-. The molecule has 0 fully saturated rings. The molecule has 1 N–H and O–H groups in total. The first-order valence-corrected chi connectivity index (χ1v) is 15.7. The van der Waals surface area contributed by atoms with Crippen molar-refractivity contribution in [2.45, 2.75) is 180 Å². The van der Waals surface area contributed by atoms with Gasteiger partial charge in [-0.2, -0.15) is 0 Å². The first-order chi connectivity index (χ1) is 17.6. The predicted molar refractivity (Wildman–Crippen MR) is 153 cm³/mol. The molecule has 0 aliphatic rings. The summed E-state index contributed by atoms with van der Waals surface area (Å²) in [4.78, 5) is 23.0. The maximum atomic E-state index is 12.4. The summed E-state index contributed by atoms with van der Waals surface area (Å²) in [5, 5.41) is 8.77. The van der Waals surface area contributed by atoms with Crippen LogP contribution < -0.4 is 0 Å². The van der Waals surface area contributed by atoms with Gasteiger partial charge in [-0.1, -0.05) is 109 Å². The number of aliphatic carboxylic acids is 1. The second-order valence-corrected chi connectivity index (χ2v) is 10.6. The lowest BCUT2D eigenvalue weighted by Gasteiger charge is -2.18. The van der Waals surface area contributed by atoms with E-state index in [0.717, 1.165) is 44.9 Å². The molecule has 0 rings (SSSR count). The number of ether oxygens (including phenoxy) is 1. The molecular formula is C32H60O4. The second kappa shape index (κ2) is 28.3. The van der Waals surface area contributed by atoms with Gasteiger partial charge in [-0.25, -0.2) is 0 Å². The highest BCUT2D eigenvalue weighted by Gasteiger charge is 2.14. The van der Waals surface area contributed by atoms with Gasteiger partial charge in [0.15, 0.2) is 0 Å². The Kier molecular flexibility index (Phi) is 27.2. The number of carbonyl (C=O) groups excluding carboxylic acids is 1. The van der Waals surface area contributed by atoms with Crippen LogP contribution in [0.2, 0.25) is 0 Å². The van der Waals surface area contributed by atoms with Crippen LogP contribution in [0, 0.1) is 0 Å². The van der Waals surface area contributed by atoms with Crippen molar-refractivity contribution < 1.29 is 19.4 Å². The van der Waals surface area contributed by atoms with Crippen LogP contribution in [0.3, 0.4) is 0 Å². The predicted octanol–water partition coefficient (Wildman–Crippen LogP) is 10.3. The number of hydrogen-bond donors (Lipinski definition) is 1. The van der Waals surface area contributed by atoms with Gasteiger partial charge in [0.25, 0.3) is 0 Å². The van der Waals surface area contributed by atoms with Crippen LogP contribution in [0.25, 0.3) is 0 Å². The number of carboxylic acid groups (broad SMARTS) is 1. The van der Waals surface area contributed by atoms with Crippen LogP contribution >= 0.6 is 0 Å². The summed E-state index contributed by atoms with van der Waals surface area (Å²) in [6.45, 7) is 4.47. The van der Waals surface area contributed by atoms with E-state index in [1.54, 1.807) is 0 Å². The van der Waals surface area contributed by atoms with Gasteiger partial charge in [0, 0.05) is 12.8 Å². The van der Waals surface area contributed by atoms with Gasteiger partial charge in [-0.3, -0.25) is 9.59 Å². The Balaban J connectivity index is 3.76. The van der Waals surface area contributed by atoms with Crippen LogP contribution in [0.1, 0.15) is 174 Å². The van der Waals surface area contributed by atoms with Crippen LogP contribution in [-0.2, 0) is 14.3 Å². The average molecular weight is 509 g/mol. The third-order valence-electron chi connectivity index (χ3n) is 6.99. The lowest BCUT2D eigenvalue weighted by Crippen LogP contribution is -2.18. The average Bonchev–Trinajstić information content (AvgIpc) is 2.85. The molecule has 0 aromatic carbocycles. The molecule has 0 aromatic heterocycles. The van der Waals surface area contributed by atoms with E-state index in [4.69, 9.17) is 9.84 Å². The number of carbonyl (C=O) groups is 2. The van der Waals surface area contributed by atoms with E-state index >= 15 is 0 Å². The first-order valence-electron chi connectivity index (χ1n) is 15.7. The second-order valence-electron chi connectivity index (χ2n) is 10.6. The molecule has 0 saturated heterocycles. The molecule has 0 spiro atoms. The zero-order valence-electron chi connectivity index (χ0n) is 24.1. The summed E-state index contributed by atoms with van der Waals surface area (Å²) in [5.41, 5.74) is 0. The molecular weight excluding hydrogens is 448 g/mol. The van der Waals surface area contributed by atoms with Crippen molar-refractivity contribution in [1.29, 1.82) is 0 Å². The number of rotatable bonds is 28. The molecule has 0 saturated carbocycles. The van der Waals surface area contributed by atoms with Crippen molar-refractivity contribution in [3.8, 4) is 0 Å². The molecule has 4 nitrogen and oxygen atoms in total. The van der Waals surface area contributed by atoms with Crippen LogP contribution in [0.15, 0.2) is 12.2 Å². The molecule has 36 heavy (non-hydrogen) atoms. The first kappa shape index (κ1) is 34.7. The summed E-state index contributed by atoms with van der Waals surface area (Å²) >= 11 is 0. The third-order valence-corrected chi connectivity index (χ3v) is 6.99. The van der Waals surface area contributed by atoms with Crippen molar-refractivity contribution in [1.82, 2.24) is 0 Å². The number of esters is 1. The normalized spacial score (nSPS) is 12.3. The molecule has 0 aliphatic heterocycles. The lowest BCUT2D eigenvalue weighted by molar-refractivity contribution is -0.150. The van der Waals surface area contributed by atoms with E-state index in [-0.39, 0.29) is 18.5 Å². The zero-order chi connectivity index (χ0) is 26.5. The van der Waals surface area contributed by atoms with Crippen LogP contribution in [-0.4, -0.2) is 23.1 Å². The summed E-state index contributed by atoms with van der Waals surface area (Å²) in [6, 6.07) is 0. The molecule has 212 valence electrons. The third kappa shape index (κ3) is 27.3. The molecule has 0 bridgehead atoms. The highest BCUT2D eigenvalue weighted by Crippen LogP contribution is 2.17. The Morgan fingerprint density at radius 1 is 0.583 bits per heavy atom. The Morgan fingerprint density at radius 2 is 1.00 bits per heavy atom. The fourth-order valence-corrected chi connectivity index (χ4v) is 4.65. The van der Waals surface area contributed by atoms with Crippen molar-refractivity contribution >= 4 is 11.9 Å². The van der Waals surface area contributed by atoms with Gasteiger partial charge in [0.2, 0.25) is 0 Å². The van der Waals surface area contributed by atoms with Crippen molar-refractivity contribution in [2.75, 3.05) is 0 Å². The molecule has 0 radical (unpaired) electrons. The van der Waals surface area contributed by atoms with Gasteiger partial charge < -0.3 is 9.84 Å². The Morgan fingerprint density at radius 3 is 1.53 bits per heavy atom. The minimum atomic E-state index is -0.729. The lowest BCUT2D eigenvalue weighted by atomic mass is 10.0. The maximum absolute atomic E-state index is 12.4. The van der Waals surface area contributed by atoms with Gasteiger partial charge >= 0.3 is 11.9 Å². The summed E-state index contributed by atoms with van der Waals surface area (Å²) in [7, 11) is 0. The van der Waals surface area contributed by atoms with E-state index in [2.05, 4.69) is 26.0 Å². The van der Waals surface area contributed by atoms with E-state index in [9.17, 15) is 9.59 Å². The number of carboxylic acids is 1. The minimum absolute atomic E-state index is 0.00651. The van der Waals surface area contributed by atoms with Crippen molar-refractivity contribution in [2.24, 2.45) is 0 Å². The number of unbranched alkanes of at least 4 members (excludes halogenated alkanes) is 17. The van der Waals surface area contributed by atoms with E-state index in [1.807, 2.05) is 0 Å². The fraction of sp³-hybridized carbons (Fsp3) is 0.875. The fourth-order valence-electron chi connectivity index (χ4n) is 4.65. The molecule has 1 unspecified atom stereocenters. The molecule has 0 aliphatic carbocycles. The summed E-state index contributed by atoms with van der Waals surface area (Å²) < 4.78 is 5.82. The number of hydrogen-bond acceptors (Lipinski definition) is 3. The van der Waals surface area contributed by atoms with Gasteiger partial charge in [-0.05, 0) is 64.2 Å². The molecule has 0 aromatic rings. The Hall–Kier alpha value is -1.32. The Labute approximate surface area is 224 Å². The highest BCUT2D eigenvalue weighted by atomic mass is 16.5. The summed E-state index contributed by atoms with van der Waals surface area (Å²) in [5.74, 6) is -0.776. The van der Waals surface area contributed by atoms with Crippen LogP contribution in [0.5, 0.6) is 0 Å². The quantitative estimate of drug-likeness (QED) is 0.0648. The van der Waals surface area contributed by atoms with E-state index < -0.39 is 5.97 Å². The minimum Gasteiger partial charge on any atom is -0.481 e. The Bertz CT molecular complexity index is 514. The highest BCUT2D eigenvalue weighted by molar-refractivity contribution is 5.69. The van der Waals surface area contributed by atoms with Crippen molar-refractivity contribution in [3.63, 3.8) is 0 Å². The van der Waals surface area contributed by atoms with Gasteiger partial charge in [0.1, 0.15) is 6.10 Å². The summed E-state index contributed by atoms with van der Waals surface area (Å²) in [6.07, 6.45) is 32.4. The zero-order valence-corrected chi connectivity index (χ0v) is 24.1. The topological polar surface area (TPSA) is 63.6 Å². The van der Waals surface area contributed by atoms with Crippen molar-refractivity contribution in [3.05, 3.63) is 12.2 Å². The van der Waals surface area contributed by atoms with E-state index in [1.165, 1.54) is 96.3 Å². The van der Waals surface area contributed by atoms with E-state index in [0.29, 0.717) is 12.8 Å². The molecule has 0 amide bonds. The monoisotopic (exact) mass is 508 g/mol. The smallest absolute Gasteiger partial charge is 0.306 e.